The summed E-state index contributed by atoms with van der Waals surface area (Å²) in [5.41, 5.74) is 2.44. The first-order valence-electron chi connectivity index (χ1n) is 8.84. The first-order valence-corrected chi connectivity index (χ1v) is 11.5. The van der Waals surface area contributed by atoms with E-state index in [4.69, 9.17) is 0 Å². The summed E-state index contributed by atoms with van der Waals surface area (Å²) in [6.07, 6.45) is 0.946. The topological polar surface area (TPSA) is 87.6 Å². The Hall–Kier alpha value is -1.54. The van der Waals surface area contributed by atoms with Crippen molar-refractivity contribution in [2.75, 3.05) is 23.4 Å². The molecule has 142 valence electrons. The number of fused-ring (bicyclic) bond motifs is 1. The second-order valence-corrected chi connectivity index (χ2v) is 10.7. The van der Waals surface area contributed by atoms with Crippen LogP contribution in [0.3, 0.4) is 0 Å². The van der Waals surface area contributed by atoms with Crippen LogP contribution in [0.4, 0.5) is 5.69 Å². The fourth-order valence-electron chi connectivity index (χ4n) is 3.01. The summed E-state index contributed by atoms with van der Waals surface area (Å²) in [7, 11) is -2.95. The SMILES string of the molecule is Cc1ccc(C(=O)NCCC(C)C)cc1NC1=N[C@H]2CS(=O)(=O)C[C@@H]2S1. The lowest BCUT2D eigenvalue weighted by Gasteiger charge is -2.12. The van der Waals surface area contributed by atoms with Gasteiger partial charge in [-0.2, -0.15) is 0 Å². The number of amides is 1. The Morgan fingerprint density at radius 2 is 2.12 bits per heavy atom. The summed E-state index contributed by atoms with van der Waals surface area (Å²) >= 11 is 1.48. The van der Waals surface area contributed by atoms with Crippen LogP contribution in [0.2, 0.25) is 0 Å². The van der Waals surface area contributed by atoms with E-state index in [1.807, 2.05) is 25.1 Å². The van der Waals surface area contributed by atoms with Crippen molar-refractivity contribution in [1.29, 1.82) is 0 Å². The van der Waals surface area contributed by atoms with E-state index in [-0.39, 0.29) is 28.7 Å². The lowest BCUT2D eigenvalue weighted by Crippen LogP contribution is -2.25. The van der Waals surface area contributed by atoms with Crippen LogP contribution in [0.25, 0.3) is 0 Å². The molecule has 0 radical (unpaired) electrons. The average molecular weight is 396 g/mol. The molecule has 2 atom stereocenters. The van der Waals surface area contributed by atoms with E-state index < -0.39 is 9.84 Å². The maximum Gasteiger partial charge on any atom is 0.251 e. The lowest BCUT2D eigenvalue weighted by atomic mass is 10.1. The van der Waals surface area contributed by atoms with E-state index in [0.29, 0.717) is 18.0 Å². The fourth-order valence-corrected chi connectivity index (χ4v) is 6.67. The van der Waals surface area contributed by atoms with E-state index in [1.165, 1.54) is 11.8 Å². The standard InChI is InChI=1S/C18H25N3O3S2/c1-11(2)6-7-19-17(22)13-5-4-12(3)14(8-13)20-18-21-15-9-26(23,24)10-16(15)25-18/h4-5,8,11,15-16H,6-7,9-10H2,1-3H3,(H,19,22)(H,20,21)/t15-,16-/m0/s1. The zero-order chi connectivity index (χ0) is 18.9. The van der Waals surface area contributed by atoms with Gasteiger partial charge in [0.1, 0.15) is 0 Å². The van der Waals surface area contributed by atoms with Gasteiger partial charge >= 0.3 is 0 Å². The van der Waals surface area contributed by atoms with Gasteiger partial charge in [-0.3, -0.25) is 9.79 Å². The number of thioether (sulfide) groups is 1. The first kappa shape index (κ1) is 19.2. The van der Waals surface area contributed by atoms with Crippen LogP contribution < -0.4 is 10.6 Å². The molecule has 1 amide bonds. The second-order valence-electron chi connectivity index (χ2n) is 7.33. The van der Waals surface area contributed by atoms with Gasteiger partial charge < -0.3 is 10.6 Å². The van der Waals surface area contributed by atoms with Crippen molar-refractivity contribution < 1.29 is 13.2 Å². The number of anilines is 1. The smallest absolute Gasteiger partial charge is 0.251 e. The molecule has 0 bridgehead atoms. The number of amidine groups is 1. The number of hydrogen-bond donors (Lipinski definition) is 2. The minimum atomic E-state index is -2.95. The molecular formula is C18H25N3O3S2. The fraction of sp³-hybridized carbons (Fsp3) is 0.556. The number of benzene rings is 1. The third-order valence-electron chi connectivity index (χ3n) is 4.57. The van der Waals surface area contributed by atoms with Crippen molar-refractivity contribution in [3.05, 3.63) is 29.3 Å². The zero-order valence-electron chi connectivity index (χ0n) is 15.3. The number of sulfone groups is 1. The number of aryl methyl sites for hydroxylation is 1. The van der Waals surface area contributed by atoms with Crippen molar-refractivity contribution in [3.63, 3.8) is 0 Å². The van der Waals surface area contributed by atoms with Crippen molar-refractivity contribution >= 4 is 38.4 Å². The second kappa shape index (κ2) is 7.60. The number of rotatable bonds is 5. The van der Waals surface area contributed by atoms with Gasteiger partial charge in [-0.25, -0.2) is 8.42 Å². The van der Waals surface area contributed by atoms with Crippen molar-refractivity contribution in [3.8, 4) is 0 Å². The van der Waals surface area contributed by atoms with Crippen LogP contribution in [0, 0.1) is 12.8 Å². The van der Waals surface area contributed by atoms with Gasteiger partial charge in [0.15, 0.2) is 15.0 Å². The Morgan fingerprint density at radius 3 is 2.81 bits per heavy atom. The molecule has 3 rings (SSSR count). The number of nitrogens with one attached hydrogen (secondary N) is 2. The quantitative estimate of drug-likeness (QED) is 0.800. The van der Waals surface area contributed by atoms with E-state index in [2.05, 4.69) is 29.5 Å². The van der Waals surface area contributed by atoms with Gasteiger partial charge in [0.25, 0.3) is 5.91 Å². The van der Waals surface area contributed by atoms with E-state index in [1.54, 1.807) is 0 Å². The third kappa shape index (κ3) is 4.59. The molecule has 2 heterocycles. The minimum Gasteiger partial charge on any atom is -0.352 e. The summed E-state index contributed by atoms with van der Waals surface area (Å²) in [6.45, 7) is 6.88. The van der Waals surface area contributed by atoms with Gasteiger partial charge in [0.2, 0.25) is 0 Å². The maximum absolute atomic E-state index is 12.3. The van der Waals surface area contributed by atoms with Gasteiger partial charge in [0.05, 0.1) is 17.5 Å². The zero-order valence-corrected chi connectivity index (χ0v) is 16.9. The Bertz CT molecular complexity index is 834. The summed E-state index contributed by atoms with van der Waals surface area (Å²) in [6, 6.07) is 5.39. The van der Waals surface area contributed by atoms with Crippen molar-refractivity contribution in [1.82, 2.24) is 5.32 Å². The normalized spacial score (nSPS) is 23.6. The largest absolute Gasteiger partial charge is 0.352 e. The molecule has 0 spiro atoms. The van der Waals surface area contributed by atoms with Gasteiger partial charge in [-0.15, -0.1) is 0 Å². The predicted molar refractivity (Wildman–Crippen MR) is 108 cm³/mol. The molecule has 2 aliphatic rings. The number of carbonyl (C=O) groups excluding carboxylic acids is 1. The van der Waals surface area contributed by atoms with Crippen LogP contribution in [0.1, 0.15) is 36.2 Å². The molecule has 2 N–H and O–H groups in total. The minimum absolute atomic E-state index is 0.00493. The summed E-state index contributed by atoms with van der Waals surface area (Å²) in [4.78, 5) is 16.8. The Balaban J connectivity index is 1.66. The summed E-state index contributed by atoms with van der Waals surface area (Å²) in [5.74, 6) is 0.783. The van der Waals surface area contributed by atoms with Crippen LogP contribution in [-0.4, -0.2) is 48.8 Å². The maximum atomic E-state index is 12.3. The highest BCUT2D eigenvalue weighted by Crippen LogP contribution is 2.35. The molecule has 1 fully saturated rings. The Kier molecular flexibility index (Phi) is 5.62. The van der Waals surface area contributed by atoms with Crippen molar-refractivity contribution in [2.24, 2.45) is 10.9 Å². The van der Waals surface area contributed by atoms with Crippen LogP contribution in [-0.2, 0) is 9.84 Å². The molecular weight excluding hydrogens is 370 g/mol. The first-order chi connectivity index (χ1) is 12.2. The number of nitrogens with zero attached hydrogens (tertiary/aromatic N) is 1. The van der Waals surface area contributed by atoms with Gasteiger partial charge in [0, 0.05) is 23.0 Å². The number of hydrogen-bond acceptors (Lipinski definition) is 6. The van der Waals surface area contributed by atoms with Gasteiger partial charge in [-0.1, -0.05) is 31.7 Å². The summed E-state index contributed by atoms with van der Waals surface area (Å²) in [5, 5.41) is 6.95. The van der Waals surface area contributed by atoms with Crippen LogP contribution >= 0.6 is 11.8 Å². The predicted octanol–water partition coefficient (Wildman–Crippen LogP) is 2.45. The molecule has 8 heteroatoms. The summed E-state index contributed by atoms with van der Waals surface area (Å²) < 4.78 is 23.3. The Labute approximate surface area is 159 Å². The number of aliphatic imine (C=N–C) groups is 1. The monoisotopic (exact) mass is 395 g/mol. The molecule has 1 saturated heterocycles. The molecule has 26 heavy (non-hydrogen) atoms. The highest BCUT2D eigenvalue weighted by atomic mass is 32.2. The molecule has 1 aromatic rings. The number of carbonyl (C=O) groups is 1. The highest BCUT2D eigenvalue weighted by molar-refractivity contribution is 8.15. The van der Waals surface area contributed by atoms with Gasteiger partial charge in [-0.05, 0) is 37.0 Å². The Morgan fingerprint density at radius 1 is 1.35 bits per heavy atom. The lowest BCUT2D eigenvalue weighted by molar-refractivity contribution is 0.0952. The van der Waals surface area contributed by atoms with Crippen LogP contribution in [0.5, 0.6) is 0 Å². The molecule has 0 aliphatic carbocycles. The molecule has 0 saturated carbocycles. The molecule has 1 aromatic carbocycles. The highest BCUT2D eigenvalue weighted by Gasteiger charge is 2.42. The van der Waals surface area contributed by atoms with Crippen molar-refractivity contribution in [2.45, 2.75) is 38.5 Å². The molecule has 6 nitrogen and oxygen atoms in total. The third-order valence-corrected chi connectivity index (χ3v) is 7.71. The molecule has 0 aromatic heterocycles. The molecule has 2 aliphatic heterocycles. The van der Waals surface area contributed by atoms with E-state index in [9.17, 15) is 13.2 Å². The van der Waals surface area contributed by atoms with E-state index in [0.717, 1.165) is 22.8 Å². The van der Waals surface area contributed by atoms with Crippen LogP contribution in [0.15, 0.2) is 23.2 Å². The average Bonchev–Trinajstić information content (AvgIpc) is 3.01. The van der Waals surface area contributed by atoms with E-state index >= 15 is 0 Å². The molecule has 0 unspecified atom stereocenters.